The number of hydrogen-bond donors (Lipinski definition) is 2. The maximum absolute atomic E-state index is 13.1. The van der Waals surface area contributed by atoms with Crippen LogP contribution in [0.2, 0.25) is 0 Å². The van der Waals surface area contributed by atoms with E-state index < -0.39 is 0 Å². The molecule has 0 radical (unpaired) electrons. The minimum atomic E-state index is -0.0891. The van der Waals surface area contributed by atoms with Crippen LogP contribution in [0.4, 0.5) is 11.4 Å². The number of para-hydroxylation sites is 1. The van der Waals surface area contributed by atoms with Crippen molar-refractivity contribution in [3.63, 3.8) is 0 Å². The van der Waals surface area contributed by atoms with E-state index in [0.29, 0.717) is 11.1 Å². The normalized spacial score (nSPS) is 10.7. The van der Waals surface area contributed by atoms with Crippen molar-refractivity contribution < 1.29 is 0 Å². The highest BCUT2D eigenvalue weighted by molar-refractivity contribution is 5.85. The van der Waals surface area contributed by atoms with E-state index in [9.17, 15) is 4.79 Å². The Morgan fingerprint density at radius 3 is 2.24 bits per heavy atom. The summed E-state index contributed by atoms with van der Waals surface area (Å²) in [7, 11) is 0. The lowest BCUT2D eigenvalue weighted by Crippen LogP contribution is -2.28. The topological polar surface area (TPSA) is 60.1 Å². The number of pyridine rings is 1. The molecule has 122 valence electrons. The predicted molar refractivity (Wildman–Crippen MR) is 104 cm³/mol. The van der Waals surface area contributed by atoms with Gasteiger partial charge in [-0.05, 0) is 41.8 Å². The van der Waals surface area contributed by atoms with Crippen molar-refractivity contribution in [1.82, 2.24) is 4.68 Å². The van der Waals surface area contributed by atoms with Crippen molar-refractivity contribution in [3.05, 3.63) is 95.3 Å². The molecule has 0 saturated carbocycles. The van der Waals surface area contributed by atoms with E-state index in [4.69, 9.17) is 5.73 Å². The number of fused-ring (bicyclic) bond motifs is 1. The fourth-order valence-electron chi connectivity index (χ4n) is 2.88. The third-order valence-corrected chi connectivity index (χ3v) is 4.15. The Bertz CT molecular complexity index is 1080. The smallest absolute Gasteiger partial charge is 0.277 e. The number of hydrogen-bond acceptors (Lipinski definition) is 3. The zero-order valence-corrected chi connectivity index (χ0v) is 13.5. The molecule has 0 unspecified atom stereocenters. The lowest BCUT2D eigenvalue weighted by atomic mass is 10.1. The maximum atomic E-state index is 13.1. The Kier molecular flexibility index (Phi) is 3.71. The molecule has 1 aromatic heterocycles. The van der Waals surface area contributed by atoms with Gasteiger partial charge in [0.1, 0.15) is 0 Å². The molecule has 0 aliphatic carbocycles. The molecule has 0 amide bonds. The van der Waals surface area contributed by atoms with Gasteiger partial charge in [-0.1, -0.05) is 48.5 Å². The third kappa shape index (κ3) is 2.85. The SMILES string of the molecule is Nc1ccc(-c2cc3ccccc3c(=O)n2Nc2ccccc2)cc1. The van der Waals surface area contributed by atoms with E-state index >= 15 is 0 Å². The highest BCUT2D eigenvalue weighted by Gasteiger charge is 2.11. The molecule has 4 aromatic rings. The summed E-state index contributed by atoms with van der Waals surface area (Å²) in [5, 5.41) is 1.58. The Morgan fingerprint density at radius 1 is 0.800 bits per heavy atom. The van der Waals surface area contributed by atoms with Crippen LogP contribution in [-0.4, -0.2) is 4.68 Å². The highest BCUT2D eigenvalue weighted by atomic mass is 16.1. The van der Waals surface area contributed by atoms with Gasteiger partial charge in [0.05, 0.1) is 11.4 Å². The number of benzene rings is 3. The second kappa shape index (κ2) is 6.17. The fraction of sp³-hybridized carbons (Fsp3) is 0. The molecule has 0 aliphatic heterocycles. The largest absolute Gasteiger partial charge is 0.399 e. The molecule has 4 rings (SSSR count). The first kappa shape index (κ1) is 15.0. The molecule has 25 heavy (non-hydrogen) atoms. The number of aromatic nitrogens is 1. The lowest BCUT2D eigenvalue weighted by molar-refractivity contribution is 0.923. The first-order valence-corrected chi connectivity index (χ1v) is 8.05. The Morgan fingerprint density at radius 2 is 1.48 bits per heavy atom. The summed E-state index contributed by atoms with van der Waals surface area (Å²) >= 11 is 0. The minimum Gasteiger partial charge on any atom is -0.399 e. The molecule has 4 heteroatoms. The molecular weight excluding hydrogens is 310 g/mol. The van der Waals surface area contributed by atoms with E-state index in [0.717, 1.165) is 22.3 Å². The van der Waals surface area contributed by atoms with Crippen molar-refractivity contribution in [2.75, 3.05) is 11.2 Å². The molecule has 1 heterocycles. The summed E-state index contributed by atoms with van der Waals surface area (Å²) in [6.45, 7) is 0. The van der Waals surface area contributed by atoms with Gasteiger partial charge in [-0.15, -0.1) is 0 Å². The highest BCUT2D eigenvalue weighted by Crippen LogP contribution is 2.23. The molecule has 0 spiro atoms. The van der Waals surface area contributed by atoms with Gasteiger partial charge in [0, 0.05) is 16.6 Å². The number of nitrogens with zero attached hydrogens (tertiary/aromatic N) is 1. The Balaban J connectivity index is 1.97. The average Bonchev–Trinajstić information content (AvgIpc) is 2.65. The monoisotopic (exact) mass is 327 g/mol. The summed E-state index contributed by atoms with van der Waals surface area (Å²) in [5.41, 5.74) is 12.2. The summed E-state index contributed by atoms with van der Waals surface area (Å²) < 4.78 is 1.59. The van der Waals surface area contributed by atoms with Gasteiger partial charge in [0.15, 0.2) is 0 Å². The summed E-state index contributed by atoms with van der Waals surface area (Å²) in [6, 6.07) is 26.8. The Hall–Kier alpha value is -3.53. The Labute approximate surface area is 145 Å². The molecule has 3 N–H and O–H groups in total. The number of nitrogens with two attached hydrogens (primary N) is 1. The second-order valence-electron chi connectivity index (χ2n) is 5.86. The van der Waals surface area contributed by atoms with E-state index in [-0.39, 0.29) is 5.56 Å². The van der Waals surface area contributed by atoms with Crippen LogP contribution >= 0.6 is 0 Å². The number of anilines is 2. The molecule has 0 fully saturated rings. The van der Waals surface area contributed by atoms with Crippen LogP contribution in [0.15, 0.2) is 89.7 Å². The van der Waals surface area contributed by atoms with Gasteiger partial charge in [-0.25, -0.2) is 4.68 Å². The van der Waals surface area contributed by atoms with Crippen LogP contribution in [0.5, 0.6) is 0 Å². The molecule has 4 nitrogen and oxygen atoms in total. The van der Waals surface area contributed by atoms with Crippen molar-refractivity contribution in [2.24, 2.45) is 0 Å². The lowest BCUT2D eigenvalue weighted by Gasteiger charge is -2.17. The van der Waals surface area contributed by atoms with Crippen molar-refractivity contribution in [3.8, 4) is 11.3 Å². The zero-order valence-electron chi connectivity index (χ0n) is 13.5. The summed E-state index contributed by atoms with van der Waals surface area (Å²) in [6.07, 6.45) is 0. The van der Waals surface area contributed by atoms with Gasteiger partial charge in [-0.3, -0.25) is 10.2 Å². The molecule has 0 atom stereocenters. The van der Waals surface area contributed by atoms with Gasteiger partial charge >= 0.3 is 0 Å². The number of nitrogens with one attached hydrogen (secondary N) is 1. The fourth-order valence-corrected chi connectivity index (χ4v) is 2.88. The third-order valence-electron chi connectivity index (χ3n) is 4.15. The van der Waals surface area contributed by atoms with Crippen LogP contribution in [0.25, 0.3) is 22.0 Å². The molecule has 0 aliphatic rings. The van der Waals surface area contributed by atoms with E-state index in [1.807, 2.05) is 84.9 Å². The van der Waals surface area contributed by atoms with Crippen molar-refractivity contribution >= 4 is 22.1 Å². The zero-order chi connectivity index (χ0) is 17.2. The number of rotatable bonds is 3. The van der Waals surface area contributed by atoms with E-state index in [1.165, 1.54) is 0 Å². The van der Waals surface area contributed by atoms with E-state index in [1.54, 1.807) is 4.68 Å². The average molecular weight is 327 g/mol. The van der Waals surface area contributed by atoms with Gasteiger partial charge in [-0.2, -0.15) is 0 Å². The second-order valence-corrected chi connectivity index (χ2v) is 5.86. The first-order chi connectivity index (χ1) is 12.2. The molecule has 0 saturated heterocycles. The van der Waals surface area contributed by atoms with Crippen LogP contribution < -0.4 is 16.7 Å². The van der Waals surface area contributed by atoms with Crippen molar-refractivity contribution in [1.29, 1.82) is 0 Å². The maximum Gasteiger partial charge on any atom is 0.277 e. The van der Waals surface area contributed by atoms with Gasteiger partial charge < -0.3 is 5.73 Å². The van der Waals surface area contributed by atoms with Gasteiger partial charge in [0.25, 0.3) is 5.56 Å². The van der Waals surface area contributed by atoms with Crippen molar-refractivity contribution in [2.45, 2.75) is 0 Å². The molecule has 0 bridgehead atoms. The van der Waals surface area contributed by atoms with Crippen LogP contribution in [0.1, 0.15) is 0 Å². The van der Waals surface area contributed by atoms with Crippen LogP contribution in [0.3, 0.4) is 0 Å². The van der Waals surface area contributed by atoms with Crippen LogP contribution in [-0.2, 0) is 0 Å². The molecule has 3 aromatic carbocycles. The quantitative estimate of drug-likeness (QED) is 0.556. The standard InChI is InChI=1S/C21H17N3O/c22-17-12-10-15(11-13-17)20-14-16-6-4-5-9-19(16)21(25)24(20)23-18-7-2-1-3-8-18/h1-14,23H,22H2. The van der Waals surface area contributed by atoms with E-state index in [2.05, 4.69) is 5.43 Å². The molecular formula is C21H17N3O. The summed E-state index contributed by atoms with van der Waals surface area (Å²) in [4.78, 5) is 13.1. The van der Waals surface area contributed by atoms with Crippen LogP contribution in [0, 0.1) is 0 Å². The minimum absolute atomic E-state index is 0.0891. The van der Waals surface area contributed by atoms with Gasteiger partial charge in [0.2, 0.25) is 0 Å². The number of nitrogen functional groups attached to an aromatic ring is 1. The summed E-state index contributed by atoms with van der Waals surface area (Å²) in [5.74, 6) is 0. The predicted octanol–water partition coefficient (Wildman–Crippen LogP) is 4.13. The first-order valence-electron chi connectivity index (χ1n) is 8.05.